The molecule has 2 N–H and O–H groups in total. The molecule has 0 bridgehead atoms. The van der Waals surface area contributed by atoms with Crippen molar-refractivity contribution in [3.05, 3.63) is 97.1 Å². The number of nitrogens with zero attached hydrogens (tertiary/aromatic N) is 3. The van der Waals surface area contributed by atoms with Crippen molar-refractivity contribution in [1.29, 1.82) is 0 Å². The van der Waals surface area contributed by atoms with E-state index in [4.69, 9.17) is 0 Å². The lowest BCUT2D eigenvalue weighted by molar-refractivity contribution is 0.102. The van der Waals surface area contributed by atoms with Gasteiger partial charge >= 0.3 is 0 Å². The van der Waals surface area contributed by atoms with Gasteiger partial charge in [-0.25, -0.2) is 9.97 Å². The lowest BCUT2D eigenvalue weighted by atomic mass is 10.1. The minimum atomic E-state index is -0.238. The van der Waals surface area contributed by atoms with Gasteiger partial charge in [0.2, 0.25) is 0 Å². The van der Waals surface area contributed by atoms with E-state index in [1.807, 2.05) is 54.6 Å². The van der Waals surface area contributed by atoms with Gasteiger partial charge in [0.15, 0.2) is 0 Å². The zero-order chi connectivity index (χ0) is 19.2. The highest BCUT2D eigenvalue weighted by molar-refractivity contribution is 6.04. The highest BCUT2D eigenvalue weighted by atomic mass is 16.1. The number of amides is 1. The summed E-state index contributed by atoms with van der Waals surface area (Å²) in [5.74, 6) is 0.966. The molecule has 4 aromatic rings. The Labute approximate surface area is 162 Å². The molecule has 1 amide bonds. The van der Waals surface area contributed by atoms with E-state index in [1.165, 1.54) is 0 Å². The molecule has 3 aromatic heterocycles. The SMILES string of the molecule is O=C(Nc1cncc(-c2ccccc2)c1)c1ccnc(Nc2ccccn2)c1. The Morgan fingerprint density at radius 1 is 0.750 bits per heavy atom. The van der Waals surface area contributed by atoms with Crippen LogP contribution in [0.3, 0.4) is 0 Å². The van der Waals surface area contributed by atoms with Gasteiger partial charge in [-0.15, -0.1) is 0 Å². The van der Waals surface area contributed by atoms with Crippen molar-refractivity contribution in [2.45, 2.75) is 0 Å². The normalized spacial score (nSPS) is 10.3. The average Bonchev–Trinajstić information content (AvgIpc) is 2.75. The molecule has 6 heteroatoms. The van der Waals surface area contributed by atoms with Crippen molar-refractivity contribution in [2.75, 3.05) is 10.6 Å². The average molecular weight is 367 g/mol. The van der Waals surface area contributed by atoms with E-state index in [0.29, 0.717) is 22.9 Å². The van der Waals surface area contributed by atoms with Crippen LogP contribution in [0.15, 0.2) is 91.5 Å². The maximum absolute atomic E-state index is 12.7. The first-order valence-electron chi connectivity index (χ1n) is 8.74. The van der Waals surface area contributed by atoms with Crippen LogP contribution in [0.5, 0.6) is 0 Å². The third-order valence-corrected chi connectivity index (χ3v) is 4.05. The topological polar surface area (TPSA) is 79.8 Å². The van der Waals surface area contributed by atoms with E-state index >= 15 is 0 Å². The largest absolute Gasteiger partial charge is 0.325 e. The molecule has 0 atom stereocenters. The molecule has 1 aromatic carbocycles. The Morgan fingerprint density at radius 2 is 1.57 bits per heavy atom. The van der Waals surface area contributed by atoms with Gasteiger partial charge in [-0.05, 0) is 35.9 Å². The summed E-state index contributed by atoms with van der Waals surface area (Å²) in [6.07, 6.45) is 6.66. The Hall–Kier alpha value is -4.06. The van der Waals surface area contributed by atoms with Crippen LogP contribution in [0.4, 0.5) is 17.3 Å². The predicted molar refractivity (Wildman–Crippen MR) is 109 cm³/mol. The Kier molecular flexibility index (Phi) is 5.02. The van der Waals surface area contributed by atoms with Crippen LogP contribution in [-0.2, 0) is 0 Å². The number of carbonyl (C=O) groups is 1. The Morgan fingerprint density at radius 3 is 2.39 bits per heavy atom. The number of aromatic nitrogens is 3. The maximum Gasteiger partial charge on any atom is 0.255 e. The molecule has 28 heavy (non-hydrogen) atoms. The second-order valence-corrected chi connectivity index (χ2v) is 6.05. The molecule has 0 aliphatic carbocycles. The first-order valence-corrected chi connectivity index (χ1v) is 8.74. The summed E-state index contributed by atoms with van der Waals surface area (Å²) >= 11 is 0. The standard InChI is InChI=1S/C22H17N5O/c28-22(17-9-11-25-21(13-17)27-20-8-4-5-10-24-20)26-19-12-18(14-23-15-19)16-6-2-1-3-7-16/h1-15H,(H,26,28)(H,24,25,27). The summed E-state index contributed by atoms with van der Waals surface area (Å²) in [5, 5.41) is 5.97. The molecule has 4 rings (SSSR count). The fraction of sp³-hybridized carbons (Fsp3) is 0. The summed E-state index contributed by atoms with van der Waals surface area (Å²) < 4.78 is 0. The van der Waals surface area contributed by atoms with Gasteiger partial charge in [-0.2, -0.15) is 0 Å². The summed E-state index contributed by atoms with van der Waals surface area (Å²) in [6, 6.07) is 20.7. The van der Waals surface area contributed by atoms with Gasteiger partial charge in [-0.1, -0.05) is 36.4 Å². The summed E-state index contributed by atoms with van der Waals surface area (Å²) in [6.45, 7) is 0. The third-order valence-electron chi connectivity index (χ3n) is 4.05. The maximum atomic E-state index is 12.7. The van der Waals surface area contributed by atoms with Crippen LogP contribution >= 0.6 is 0 Å². The fourth-order valence-electron chi connectivity index (χ4n) is 2.71. The minimum absolute atomic E-state index is 0.238. The third kappa shape index (κ3) is 4.19. The lowest BCUT2D eigenvalue weighted by Crippen LogP contribution is -2.12. The molecule has 0 saturated heterocycles. The zero-order valence-corrected chi connectivity index (χ0v) is 14.9. The van der Waals surface area contributed by atoms with Crippen LogP contribution in [0.1, 0.15) is 10.4 Å². The van der Waals surface area contributed by atoms with Crippen molar-refractivity contribution >= 4 is 23.2 Å². The van der Waals surface area contributed by atoms with Gasteiger partial charge in [0.1, 0.15) is 11.6 Å². The molecule has 0 unspecified atom stereocenters. The summed E-state index contributed by atoms with van der Waals surface area (Å²) in [4.78, 5) is 25.3. The Bertz CT molecular complexity index is 1080. The molecule has 0 aliphatic heterocycles. The first-order chi connectivity index (χ1) is 13.8. The molecular weight excluding hydrogens is 350 g/mol. The molecule has 0 saturated carbocycles. The lowest BCUT2D eigenvalue weighted by Gasteiger charge is -2.09. The van der Waals surface area contributed by atoms with Gasteiger partial charge in [0.05, 0.1) is 11.9 Å². The number of hydrogen-bond donors (Lipinski definition) is 2. The molecule has 136 valence electrons. The Balaban J connectivity index is 1.50. The molecule has 3 heterocycles. The van der Waals surface area contributed by atoms with Gasteiger partial charge < -0.3 is 10.6 Å². The molecule has 0 radical (unpaired) electrons. The second kappa shape index (κ2) is 8.09. The molecule has 0 spiro atoms. The van der Waals surface area contributed by atoms with Crippen LogP contribution in [0.25, 0.3) is 11.1 Å². The van der Waals surface area contributed by atoms with E-state index in [2.05, 4.69) is 25.6 Å². The van der Waals surface area contributed by atoms with Crippen molar-refractivity contribution in [1.82, 2.24) is 15.0 Å². The number of rotatable bonds is 5. The van der Waals surface area contributed by atoms with E-state index in [0.717, 1.165) is 11.1 Å². The van der Waals surface area contributed by atoms with Crippen molar-refractivity contribution in [2.24, 2.45) is 0 Å². The highest BCUT2D eigenvalue weighted by Crippen LogP contribution is 2.21. The second-order valence-electron chi connectivity index (χ2n) is 6.05. The zero-order valence-electron chi connectivity index (χ0n) is 14.9. The van der Waals surface area contributed by atoms with Gasteiger partial charge in [0, 0.05) is 29.7 Å². The van der Waals surface area contributed by atoms with Crippen LogP contribution in [0, 0.1) is 0 Å². The number of nitrogens with one attached hydrogen (secondary N) is 2. The van der Waals surface area contributed by atoms with Gasteiger partial charge in [-0.3, -0.25) is 9.78 Å². The monoisotopic (exact) mass is 367 g/mol. The number of anilines is 3. The van der Waals surface area contributed by atoms with E-state index < -0.39 is 0 Å². The van der Waals surface area contributed by atoms with Gasteiger partial charge in [0.25, 0.3) is 5.91 Å². The van der Waals surface area contributed by atoms with Crippen molar-refractivity contribution in [3.8, 4) is 11.1 Å². The first kappa shape index (κ1) is 17.4. The summed E-state index contributed by atoms with van der Waals surface area (Å²) in [5.41, 5.74) is 3.09. The molecule has 6 nitrogen and oxygen atoms in total. The van der Waals surface area contributed by atoms with Crippen molar-refractivity contribution in [3.63, 3.8) is 0 Å². The van der Waals surface area contributed by atoms with Crippen molar-refractivity contribution < 1.29 is 4.79 Å². The van der Waals surface area contributed by atoms with E-state index in [-0.39, 0.29) is 5.91 Å². The summed E-state index contributed by atoms with van der Waals surface area (Å²) in [7, 11) is 0. The van der Waals surface area contributed by atoms with E-state index in [1.54, 1.807) is 36.9 Å². The van der Waals surface area contributed by atoms with Crippen LogP contribution in [0.2, 0.25) is 0 Å². The number of carbonyl (C=O) groups excluding carboxylic acids is 1. The minimum Gasteiger partial charge on any atom is -0.325 e. The molecule has 0 fully saturated rings. The van der Waals surface area contributed by atoms with Crippen LogP contribution < -0.4 is 10.6 Å². The highest BCUT2D eigenvalue weighted by Gasteiger charge is 2.09. The van der Waals surface area contributed by atoms with E-state index in [9.17, 15) is 4.79 Å². The molecular formula is C22H17N5O. The predicted octanol–water partition coefficient (Wildman–Crippen LogP) is 4.53. The smallest absolute Gasteiger partial charge is 0.255 e. The van der Waals surface area contributed by atoms with Crippen LogP contribution in [-0.4, -0.2) is 20.9 Å². The number of benzene rings is 1. The quantitative estimate of drug-likeness (QED) is 0.541. The molecule has 0 aliphatic rings. The number of pyridine rings is 3. The fourth-order valence-corrected chi connectivity index (χ4v) is 2.71. The number of hydrogen-bond acceptors (Lipinski definition) is 5.